The van der Waals surface area contributed by atoms with Gasteiger partial charge in [0.15, 0.2) is 0 Å². The molecular weight excluding hydrogens is 705 g/mol. The van der Waals surface area contributed by atoms with E-state index in [9.17, 15) is 26.4 Å². The zero-order valence-electron chi connectivity index (χ0n) is 29.3. The summed E-state index contributed by atoms with van der Waals surface area (Å²) in [5.74, 6) is 0.191. The van der Waals surface area contributed by atoms with Crippen molar-refractivity contribution in [2.75, 3.05) is 21.3 Å². The Labute approximate surface area is 303 Å². The maximum absolute atomic E-state index is 12.9. The first-order valence-electron chi connectivity index (χ1n) is 16.0. The number of benzene rings is 5. The van der Waals surface area contributed by atoms with E-state index in [-0.39, 0.29) is 21.3 Å². The van der Waals surface area contributed by atoms with E-state index in [4.69, 9.17) is 8.37 Å². The summed E-state index contributed by atoms with van der Waals surface area (Å²) < 4.78 is 62.5. The van der Waals surface area contributed by atoms with Crippen LogP contribution in [0.3, 0.4) is 0 Å². The molecule has 0 aliphatic carbocycles. The molecule has 52 heavy (non-hydrogen) atoms. The minimum absolute atomic E-state index is 0.0953. The molecule has 4 amide bonds. The second kappa shape index (κ2) is 15.2. The third kappa shape index (κ3) is 9.27. The number of anilines is 4. The first kappa shape index (κ1) is 37.4. The van der Waals surface area contributed by atoms with Crippen LogP contribution < -0.4 is 29.6 Å². The van der Waals surface area contributed by atoms with Crippen LogP contribution in [0.4, 0.5) is 32.3 Å². The summed E-state index contributed by atoms with van der Waals surface area (Å²) >= 11 is 0. The molecule has 270 valence electrons. The highest BCUT2D eigenvalue weighted by atomic mass is 32.2. The molecule has 5 aromatic rings. The van der Waals surface area contributed by atoms with Crippen LogP contribution in [0.1, 0.15) is 33.4 Å². The van der Waals surface area contributed by atoms with Gasteiger partial charge in [-0.05, 0) is 137 Å². The van der Waals surface area contributed by atoms with Gasteiger partial charge in [-0.3, -0.25) is 0 Å². The van der Waals surface area contributed by atoms with Crippen molar-refractivity contribution in [3.05, 3.63) is 130 Å². The van der Waals surface area contributed by atoms with Crippen LogP contribution >= 0.6 is 0 Å². The van der Waals surface area contributed by atoms with E-state index in [1.54, 1.807) is 76.2 Å². The lowest BCUT2D eigenvalue weighted by molar-refractivity contribution is 0.261. The fraction of sp³-hybridized carbons (Fsp3) is 0.158. The molecule has 0 bridgehead atoms. The van der Waals surface area contributed by atoms with Gasteiger partial charge in [0, 0.05) is 22.7 Å². The van der Waals surface area contributed by atoms with Gasteiger partial charge in [-0.1, -0.05) is 35.4 Å². The summed E-state index contributed by atoms with van der Waals surface area (Å²) in [6.45, 7) is 10.7. The minimum atomic E-state index is -4.07. The van der Waals surface area contributed by atoms with Crippen molar-refractivity contribution in [1.29, 1.82) is 0 Å². The fourth-order valence-electron chi connectivity index (χ4n) is 5.87. The molecule has 0 radical (unpaired) electrons. The molecule has 5 rings (SSSR count). The van der Waals surface area contributed by atoms with Crippen LogP contribution in [0.25, 0.3) is 0 Å². The molecule has 0 aromatic heterocycles. The Kier molecular flexibility index (Phi) is 10.9. The third-order valence-corrected chi connectivity index (χ3v) is 10.9. The average molecular weight is 743 g/mol. The number of carbonyl (C=O) groups excluding carboxylic acids is 2. The summed E-state index contributed by atoms with van der Waals surface area (Å²) in [6, 6.07) is 24.2. The number of hydrogen-bond donors (Lipinski definition) is 4. The monoisotopic (exact) mass is 742 g/mol. The third-order valence-electron chi connectivity index (χ3n) is 7.75. The average Bonchev–Trinajstić information content (AvgIpc) is 3.02. The first-order chi connectivity index (χ1) is 24.5. The molecule has 0 saturated heterocycles. The highest BCUT2D eigenvalue weighted by Gasteiger charge is 2.23. The van der Waals surface area contributed by atoms with E-state index < -0.39 is 32.3 Å². The Morgan fingerprint density at radius 2 is 0.654 bits per heavy atom. The van der Waals surface area contributed by atoms with Crippen molar-refractivity contribution < 1.29 is 34.8 Å². The topological polar surface area (TPSA) is 169 Å². The van der Waals surface area contributed by atoms with Crippen molar-refractivity contribution in [3.63, 3.8) is 0 Å². The molecular formula is C38H38N4O8S2. The molecule has 0 unspecified atom stereocenters. The second-order valence-corrected chi connectivity index (χ2v) is 15.3. The number of hydrogen-bond acceptors (Lipinski definition) is 8. The standard InChI is InChI=1S/C38H38N4O8S2/c1-23-19-25(3)35(26(4)20-23)51(45,46)49-33-15-11-31(12-16-33)41-37(43)39-29-7-9-30(10-8-29)40-38(44)42-32-13-17-34(18-14-32)50-52(47,48)36-27(5)21-24(2)22-28(36)6/h7-22H,1-6H3,(H2,39,41,43)(H2,40,42,44). The van der Waals surface area contributed by atoms with Gasteiger partial charge in [-0.15, -0.1) is 0 Å². The Bertz CT molecular complexity index is 2150. The quantitative estimate of drug-likeness (QED) is 0.104. The molecule has 0 atom stereocenters. The Morgan fingerprint density at radius 3 is 0.904 bits per heavy atom. The van der Waals surface area contributed by atoms with Crippen LogP contribution in [0, 0.1) is 41.5 Å². The highest BCUT2D eigenvalue weighted by Crippen LogP contribution is 2.28. The molecule has 0 saturated carbocycles. The predicted octanol–water partition coefficient (Wildman–Crippen LogP) is 8.36. The molecule has 12 nitrogen and oxygen atoms in total. The number of urea groups is 2. The van der Waals surface area contributed by atoms with Gasteiger partial charge < -0.3 is 29.6 Å². The molecule has 0 fully saturated rings. The predicted molar refractivity (Wildman–Crippen MR) is 202 cm³/mol. The van der Waals surface area contributed by atoms with Crippen molar-refractivity contribution in [2.24, 2.45) is 0 Å². The summed E-state index contributed by atoms with van der Waals surface area (Å²) in [6.07, 6.45) is 0. The summed E-state index contributed by atoms with van der Waals surface area (Å²) in [5, 5.41) is 10.7. The Balaban J connectivity index is 1.10. The minimum Gasteiger partial charge on any atom is -0.379 e. The molecule has 14 heteroatoms. The van der Waals surface area contributed by atoms with E-state index in [1.807, 2.05) is 13.8 Å². The van der Waals surface area contributed by atoms with E-state index in [0.29, 0.717) is 45.0 Å². The number of rotatable bonds is 10. The molecule has 0 heterocycles. The molecule has 5 aromatic carbocycles. The number of nitrogens with one attached hydrogen (secondary N) is 4. The first-order valence-corrected chi connectivity index (χ1v) is 18.8. The van der Waals surface area contributed by atoms with Gasteiger partial charge in [0.1, 0.15) is 21.3 Å². The maximum Gasteiger partial charge on any atom is 0.339 e. The largest absolute Gasteiger partial charge is 0.379 e. The fourth-order valence-corrected chi connectivity index (χ4v) is 8.58. The van der Waals surface area contributed by atoms with Crippen LogP contribution in [-0.4, -0.2) is 28.9 Å². The van der Waals surface area contributed by atoms with Gasteiger partial charge >= 0.3 is 32.3 Å². The number of carbonyl (C=O) groups is 2. The van der Waals surface area contributed by atoms with Crippen LogP contribution in [0.5, 0.6) is 11.5 Å². The lowest BCUT2D eigenvalue weighted by Gasteiger charge is -2.13. The van der Waals surface area contributed by atoms with E-state index >= 15 is 0 Å². The summed E-state index contributed by atoms with van der Waals surface area (Å²) in [4.78, 5) is 25.4. The van der Waals surface area contributed by atoms with E-state index in [0.717, 1.165) is 11.1 Å². The molecule has 0 aliphatic rings. The van der Waals surface area contributed by atoms with Crippen LogP contribution in [0.2, 0.25) is 0 Å². The van der Waals surface area contributed by atoms with Gasteiger partial charge in [0.05, 0.1) is 0 Å². The molecule has 0 spiro atoms. The summed E-state index contributed by atoms with van der Waals surface area (Å²) in [7, 11) is -8.13. The smallest absolute Gasteiger partial charge is 0.339 e. The normalized spacial score (nSPS) is 11.3. The molecule has 4 N–H and O–H groups in total. The lowest BCUT2D eigenvalue weighted by atomic mass is 10.1. The van der Waals surface area contributed by atoms with Gasteiger partial charge in [-0.25, -0.2) is 9.59 Å². The van der Waals surface area contributed by atoms with Crippen LogP contribution in [-0.2, 0) is 20.2 Å². The summed E-state index contributed by atoms with van der Waals surface area (Å²) in [5.41, 5.74) is 5.96. The van der Waals surface area contributed by atoms with Crippen molar-refractivity contribution in [3.8, 4) is 11.5 Å². The second-order valence-electron chi connectivity index (χ2n) is 12.3. The number of amides is 4. The van der Waals surface area contributed by atoms with Crippen LogP contribution in [0.15, 0.2) is 107 Å². The molecule has 0 aliphatic heterocycles. The Hall–Kier alpha value is -5.86. The zero-order valence-corrected chi connectivity index (χ0v) is 31.0. The SMILES string of the molecule is Cc1cc(C)c(S(=O)(=O)Oc2ccc(NC(=O)Nc3ccc(NC(=O)Nc4ccc(OS(=O)(=O)c5c(C)cc(C)cc5C)cc4)cc3)cc2)c(C)c1. The van der Waals surface area contributed by atoms with Gasteiger partial charge in [0.25, 0.3) is 0 Å². The van der Waals surface area contributed by atoms with Crippen molar-refractivity contribution in [1.82, 2.24) is 0 Å². The number of aryl methyl sites for hydroxylation is 6. The van der Waals surface area contributed by atoms with Gasteiger partial charge in [-0.2, -0.15) is 16.8 Å². The lowest BCUT2D eigenvalue weighted by Crippen LogP contribution is -2.20. The van der Waals surface area contributed by atoms with Crippen molar-refractivity contribution >= 4 is 55.0 Å². The van der Waals surface area contributed by atoms with Crippen molar-refractivity contribution in [2.45, 2.75) is 51.3 Å². The maximum atomic E-state index is 12.9. The van der Waals surface area contributed by atoms with E-state index in [2.05, 4.69) is 21.3 Å². The van der Waals surface area contributed by atoms with E-state index in [1.165, 1.54) is 48.5 Å². The zero-order chi connectivity index (χ0) is 37.8. The Morgan fingerprint density at radius 1 is 0.423 bits per heavy atom. The highest BCUT2D eigenvalue weighted by molar-refractivity contribution is 7.87. The van der Waals surface area contributed by atoms with Gasteiger partial charge in [0.2, 0.25) is 0 Å².